The fourth-order valence-corrected chi connectivity index (χ4v) is 11.4. The molecule has 7 nitrogen and oxygen atoms in total. The van der Waals surface area contributed by atoms with E-state index in [2.05, 4.69) is 18.7 Å². The number of hydrogen-bond donors (Lipinski definition) is 3. The molecule has 1 aromatic rings. The number of aliphatic hydroxyl groups is 3. The molecule has 2 spiro atoms. The molecule has 5 saturated carbocycles. The molecule has 0 radical (unpaired) electrons. The molecule has 7 bridgehead atoms. The van der Waals surface area contributed by atoms with Gasteiger partial charge in [-0.05, 0) is 73.6 Å². The summed E-state index contributed by atoms with van der Waals surface area (Å²) in [5.41, 5.74) is -2.57. The van der Waals surface area contributed by atoms with Crippen LogP contribution in [-0.4, -0.2) is 75.5 Å². The van der Waals surface area contributed by atoms with Crippen LogP contribution in [0.5, 0.6) is 0 Å². The van der Waals surface area contributed by atoms with Crippen LogP contribution in [0, 0.1) is 39.9 Å². The number of ketones is 1. The van der Waals surface area contributed by atoms with Crippen molar-refractivity contribution < 1.29 is 29.6 Å². The van der Waals surface area contributed by atoms with E-state index in [0.717, 1.165) is 25.9 Å². The number of carbonyl (C=O) groups is 2. The van der Waals surface area contributed by atoms with E-state index in [1.165, 1.54) is 6.07 Å². The molecule has 8 heteroatoms. The van der Waals surface area contributed by atoms with Crippen molar-refractivity contribution in [3.8, 4) is 0 Å². The van der Waals surface area contributed by atoms with Crippen LogP contribution >= 0.6 is 11.6 Å². The van der Waals surface area contributed by atoms with Gasteiger partial charge in [0.05, 0.1) is 24.2 Å². The smallest absolute Gasteiger partial charge is 0.338 e. The van der Waals surface area contributed by atoms with Gasteiger partial charge in [0.15, 0.2) is 5.60 Å². The molecule has 1 unspecified atom stereocenters. The first-order valence-electron chi connectivity index (χ1n) is 13.8. The second kappa shape index (κ2) is 7.57. The van der Waals surface area contributed by atoms with Gasteiger partial charge >= 0.3 is 5.97 Å². The SMILES string of the molecule is CCN1C[C@]2(C)CC[C@H](O)[C@@]34[C@@H]2C[C@@H]([C@@H]13)[C@@]12C[C@@H](C(=O)C[C@H]14)C(CO)(OC(=O)c1cccc(Cl)c1)[C@H]2O. The topological polar surface area (TPSA) is 107 Å². The molecule has 7 rings (SSSR count). The molecule has 37 heavy (non-hydrogen) atoms. The molecule has 5 aliphatic carbocycles. The third-order valence-electron chi connectivity index (χ3n) is 12.2. The van der Waals surface area contributed by atoms with Crippen LogP contribution in [0.4, 0.5) is 0 Å². The highest BCUT2D eigenvalue weighted by Gasteiger charge is 2.88. The zero-order valence-electron chi connectivity index (χ0n) is 21.4. The van der Waals surface area contributed by atoms with Crippen molar-refractivity contribution in [2.75, 3.05) is 19.7 Å². The highest BCUT2D eigenvalue weighted by molar-refractivity contribution is 6.30. The normalized spacial score (nSPS) is 51.3. The largest absolute Gasteiger partial charge is 0.449 e. The van der Waals surface area contributed by atoms with Gasteiger partial charge in [-0.15, -0.1) is 0 Å². The number of fused-ring (bicyclic) bond motifs is 1. The highest BCUT2D eigenvalue weighted by Crippen LogP contribution is 2.83. The van der Waals surface area contributed by atoms with Gasteiger partial charge in [0.2, 0.25) is 0 Å². The first kappa shape index (κ1) is 24.5. The minimum Gasteiger partial charge on any atom is -0.449 e. The Kier molecular flexibility index (Phi) is 5.02. The first-order valence-corrected chi connectivity index (χ1v) is 14.2. The lowest BCUT2D eigenvalue weighted by atomic mass is 9.43. The number of Topliss-reactive ketones (excluding diaryl/α,β-unsaturated/α-hetero) is 1. The van der Waals surface area contributed by atoms with Crippen LogP contribution in [0.3, 0.4) is 0 Å². The number of ether oxygens (including phenoxy) is 1. The van der Waals surface area contributed by atoms with Gasteiger partial charge in [0.25, 0.3) is 0 Å². The standard InChI is InChI=1S/C29H36ClNO6/c1-3-31-13-26(2)8-7-22(34)29-20(26)10-17(23(29)31)27-12-18(19(33)11-21(27)29)28(14-32,25(27)36)37-24(35)15-5-4-6-16(30)9-15/h4-6,9,17-18,20-23,25,32,34,36H,3,7-8,10-14H2,1-2H3/t17-,18-,20+,21+,22-,23+,25-,26-,27-,28?,29-/m0/s1. The summed E-state index contributed by atoms with van der Waals surface area (Å²) in [5, 5.41) is 35.2. The van der Waals surface area contributed by atoms with Gasteiger partial charge < -0.3 is 20.1 Å². The van der Waals surface area contributed by atoms with Crippen molar-refractivity contribution >= 4 is 23.4 Å². The van der Waals surface area contributed by atoms with Crippen LogP contribution in [0.1, 0.15) is 56.3 Å². The van der Waals surface area contributed by atoms with E-state index >= 15 is 0 Å². The zero-order chi connectivity index (χ0) is 26.1. The van der Waals surface area contributed by atoms with Gasteiger partial charge in [0.1, 0.15) is 11.9 Å². The number of carbonyl (C=O) groups excluding carboxylic acids is 2. The minimum absolute atomic E-state index is 0.0681. The highest BCUT2D eigenvalue weighted by atomic mass is 35.5. The minimum atomic E-state index is -1.71. The van der Waals surface area contributed by atoms with E-state index in [0.29, 0.717) is 23.8 Å². The summed E-state index contributed by atoms with van der Waals surface area (Å²) < 4.78 is 6.01. The molecule has 1 saturated heterocycles. The lowest BCUT2D eigenvalue weighted by Crippen LogP contribution is -2.68. The number of aliphatic hydroxyl groups excluding tert-OH is 3. The van der Waals surface area contributed by atoms with Crippen molar-refractivity contribution in [1.82, 2.24) is 4.90 Å². The van der Waals surface area contributed by atoms with Gasteiger partial charge in [-0.2, -0.15) is 0 Å². The summed E-state index contributed by atoms with van der Waals surface area (Å²) >= 11 is 6.09. The lowest BCUT2D eigenvalue weighted by molar-refractivity contribution is -0.215. The predicted octanol–water partition coefficient (Wildman–Crippen LogP) is 2.69. The van der Waals surface area contributed by atoms with Gasteiger partial charge in [-0.3, -0.25) is 9.69 Å². The Balaban J connectivity index is 1.36. The van der Waals surface area contributed by atoms with Crippen molar-refractivity contribution in [2.45, 2.75) is 69.8 Å². The monoisotopic (exact) mass is 529 g/mol. The molecule has 11 atom stereocenters. The summed E-state index contributed by atoms with van der Waals surface area (Å²) in [6.45, 7) is 5.70. The van der Waals surface area contributed by atoms with Crippen LogP contribution in [0.2, 0.25) is 5.02 Å². The number of hydrogen-bond acceptors (Lipinski definition) is 7. The van der Waals surface area contributed by atoms with E-state index in [1.54, 1.807) is 18.2 Å². The molecule has 0 aromatic heterocycles. The van der Waals surface area contributed by atoms with Crippen LogP contribution in [0.15, 0.2) is 24.3 Å². The molecule has 3 N–H and O–H groups in total. The average Bonchev–Trinajstić information content (AvgIpc) is 3.40. The Morgan fingerprint density at radius 3 is 2.76 bits per heavy atom. The van der Waals surface area contributed by atoms with Gasteiger partial charge in [-0.1, -0.05) is 31.5 Å². The maximum absolute atomic E-state index is 13.8. The summed E-state index contributed by atoms with van der Waals surface area (Å²) in [6.07, 6.45) is 1.49. The molecule has 200 valence electrons. The Labute approximate surface area is 222 Å². The molecular weight excluding hydrogens is 494 g/mol. The van der Waals surface area contributed by atoms with Gasteiger partial charge in [0, 0.05) is 34.9 Å². The first-order chi connectivity index (χ1) is 17.6. The summed E-state index contributed by atoms with van der Waals surface area (Å²) in [7, 11) is 0. The second-order valence-electron chi connectivity index (χ2n) is 13.1. The predicted molar refractivity (Wildman–Crippen MR) is 135 cm³/mol. The third-order valence-corrected chi connectivity index (χ3v) is 12.4. The van der Waals surface area contributed by atoms with Crippen LogP contribution in [0.25, 0.3) is 0 Å². The Hall–Kier alpha value is -1.51. The summed E-state index contributed by atoms with van der Waals surface area (Å²) in [5.74, 6) is -1.38. The van der Waals surface area contributed by atoms with Crippen molar-refractivity contribution in [3.05, 3.63) is 34.9 Å². The number of likely N-dealkylation sites (tertiary alicyclic amines) is 1. The molecule has 6 fully saturated rings. The summed E-state index contributed by atoms with van der Waals surface area (Å²) in [4.78, 5) is 29.6. The van der Waals surface area contributed by atoms with E-state index < -0.39 is 47.1 Å². The quantitative estimate of drug-likeness (QED) is 0.515. The number of benzene rings is 1. The maximum atomic E-state index is 13.8. The number of esters is 1. The van der Waals surface area contributed by atoms with E-state index in [4.69, 9.17) is 16.3 Å². The molecule has 1 heterocycles. The molecule has 1 aliphatic heterocycles. The Bertz CT molecular complexity index is 1190. The van der Waals surface area contributed by atoms with E-state index in [9.17, 15) is 24.9 Å². The fourth-order valence-electron chi connectivity index (χ4n) is 11.2. The van der Waals surface area contributed by atoms with Crippen molar-refractivity contribution in [1.29, 1.82) is 0 Å². The number of nitrogens with zero attached hydrogens (tertiary/aromatic N) is 1. The number of piperidine rings is 1. The van der Waals surface area contributed by atoms with E-state index in [1.807, 2.05) is 0 Å². The molecule has 1 aromatic carbocycles. The van der Waals surface area contributed by atoms with Crippen molar-refractivity contribution in [2.24, 2.45) is 39.9 Å². The average molecular weight is 530 g/mol. The third kappa shape index (κ3) is 2.59. The van der Waals surface area contributed by atoms with Crippen LogP contribution < -0.4 is 0 Å². The Morgan fingerprint density at radius 1 is 1.27 bits per heavy atom. The lowest BCUT2D eigenvalue weighted by Gasteiger charge is -2.65. The van der Waals surface area contributed by atoms with E-state index in [-0.39, 0.29) is 41.1 Å². The second-order valence-corrected chi connectivity index (χ2v) is 13.6. The van der Waals surface area contributed by atoms with Crippen molar-refractivity contribution in [3.63, 3.8) is 0 Å². The fraction of sp³-hybridized carbons (Fsp3) is 0.724. The Morgan fingerprint density at radius 2 is 2.05 bits per heavy atom. The molecular formula is C29H36ClNO6. The van der Waals surface area contributed by atoms with Gasteiger partial charge in [-0.25, -0.2) is 4.79 Å². The summed E-state index contributed by atoms with van der Waals surface area (Å²) in [6, 6.07) is 6.44. The molecule has 0 amide bonds. The maximum Gasteiger partial charge on any atom is 0.338 e. The number of halogens is 1. The zero-order valence-corrected chi connectivity index (χ0v) is 22.2. The molecule has 6 aliphatic rings. The van der Waals surface area contributed by atoms with Crippen LogP contribution in [-0.2, 0) is 9.53 Å². The number of rotatable bonds is 4.